The molecule has 1 aliphatic carbocycles. The monoisotopic (exact) mass is 276 g/mol. The molecule has 2 rings (SSSR count). The predicted molar refractivity (Wildman–Crippen MR) is 76.5 cm³/mol. The Morgan fingerprint density at radius 1 is 1.25 bits per heavy atom. The highest BCUT2D eigenvalue weighted by Gasteiger charge is 2.32. The summed E-state index contributed by atoms with van der Waals surface area (Å²) in [6, 6.07) is 6.57. The van der Waals surface area contributed by atoms with Crippen molar-refractivity contribution in [3.05, 3.63) is 39.9 Å². The van der Waals surface area contributed by atoms with Crippen molar-refractivity contribution in [1.29, 1.82) is 0 Å². The first-order chi connectivity index (χ1) is 9.50. The van der Waals surface area contributed by atoms with Crippen molar-refractivity contribution >= 4 is 11.5 Å². The van der Waals surface area contributed by atoms with E-state index in [-0.39, 0.29) is 17.6 Å². The number of Topliss-reactive ketones (excluding diaryl/α,β-unsaturated/α-hetero) is 1. The van der Waals surface area contributed by atoms with Gasteiger partial charge in [0.1, 0.15) is 5.78 Å². The Balaban J connectivity index is 2.28. The Kier molecular flexibility index (Phi) is 4.49. The lowest BCUT2D eigenvalue weighted by Gasteiger charge is -2.34. The van der Waals surface area contributed by atoms with E-state index in [0.717, 1.165) is 24.8 Å². The fraction of sp³-hybridized carbons (Fsp3) is 0.533. The van der Waals surface area contributed by atoms with Crippen LogP contribution < -0.4 is 0 Å². The predicted octanol–water partition coefficient (Wildman–Crippen LogP) is 2.96. The molecular weight excluding hydrogens is 256 g/mol. The Morgan fingerprint density at radius 3 is 2.40 bits per heavy atom. The second-order valence-electron chi connectivity index (χ2n) is 5.58. The van der Waals surface area contributed by atoms with Crippen molar-refractivity contribution in [2.24, 2.45) is 5.92 Å². The highest BCUT2D eigenvalue weighted by molar-refractivity contribution is 5.82. The average Bonchev–Trinajstić information content (AvgIpc) is 2.41. The maximum absolute atomic E-state index is 12.2. The highest BCUT2D eigenvalue weighted by Crippen LogP contribution is 2.35. The summed E-state index contributed by atoms with van der Waals surface area (Å²) < 4.78 is 0. The normalized spacial score (nSPS) is 20.9. The van der Waals surface area contributed by atoms with Gasteiger partial charge < -0.3 is 4.90 Å². The molecule has 5 heteroatoms. The second-order valence-corrected chi connectivity index (χ2v) is 5.58. The first-order valence-corrected chi connectivity index (χ1v) is 6.94. The van der Waals surface area contributed by atoms with Crippen LogP contribution in [-0.2, 0) is 4.79 Å². The van der Waals surface area contributed by atoms with E-state index in [1.54, 1.807) is 12.1 Å². The molecule has 0 amide bonds. The molecule has 0 unspecified atom stereocenters. The van der Waals surface area contributed by atoms with Crippen molar-refractivity contribution in [3.8, 4) is 0 Å². The van der Waals surface area contributed by atoms with E-state index in [1.807, 2.05) is 19.0 Å². The number of nitrogens with zero attached hydrogens (tertiary/aromatic N) is 2. The summed E-state index contributed by atoms with van der Waals surface area (Å²) in [6.45, 7) is 0. The standard InChI is InChI=1S/C15H20N2O3/c1-16(2)15(13-5-3-4-6-14(13)18)11-7-9-12(10-8-11)17(19)20/h7-10,13,15H,3-6H2,1-2H3/t13-,15+/m1/s1. The maximum Gasteiger partial charge on any atom is 0.269 e. The van der Waals surface area contributed by atoms with E-state index < -0.39 is 4.92 Å². The van der Waals surface area contributed by atoms with Gasteiger partial charge in [-0.1, -0.05) is 18.6 Å². The van der Waals surface area contributed by atoms with Crippen LogP contribution in [0, 0.1) is 16.0 Å². The quantitative estimate of drug-likeness (QED) is 0.626. The molecular formula is C15H20N2O3. The molecule has 1 aliphatic rings. The topological polar surface area (TPSA) is 63.4 Å². The molecule has 1 fully saturated rings. The Morgan fingerprint density at radius 2 is 1.90 bits per heavy atom. The number of non-ortho nitro benzene ring substituents is 1. The third kappa shape index (κ3) is 3.04. The number of hydrogen-bond donors (Lipinski definition) is 0. The molecule has 108 valence electrons. The van der Waals surface area contributed by atoms with Crippen molar-refractivity contribution < 1.29 is 9.72 Å². The van der Waals surface area contributed by atoms with Gasteiger partial charge in [-0.2, -0.15) is 0 Å². The van der Waals surface area contributed by atoms with Gasteiger partial charge in [0.25, 0.3) is 5.69 Å². The highest BCUT2D eigenvalue weighted by atomic mass is 16.6. The zero-order valence-electron chi connectivity index (χ0n) is 11.9. The van der Waals surface area contributed by atoms with E-state index in [1.165, 1.54) is 12.1 Å². The van der Waals surface area contributed by atoms with E-state index in [2.05, 4.69) is 0 Å². The summed E-state index contributed by atoms with van der Waals surface area (Å²) in [7, 11) is 3.90. The Labute approximate surface area is 118 Å². The summed E-state index contributed by atoms with van der Waals surface area (Å²) in [4.78, 5) is 24.5. The van der Waals surface area contributed by atoms with Gasteiger partial charge in [-0.3, -0.25) is 14.9 Å². The first-order valence-electron chi connectivity index (χ1n) is 6.94. The Hall–Kier alpha value is -1.75. The molecule has 1 aromatic rings. The average molecular weight is 276 g/mol. The van der Waals surface area contributed by atoms with Crippen molar-refractivity contribution in [2.75, 3.05) is 14.1 Å². The van der Waals surface area contributed by atoms with Crippen LogP contribution in [0.2, 0.25) is 0 Å². The van der Waals surface area contributed by atoms with Crippen LogP contribution >= 0.6 is 0 Å². The van der Waals surface area contributed by atoms with Crippen LogP contribution in [0.4, 0.5) is 5.69 Å². The number of ketones is 1. The molecule has 0 aliphatic heterocycles. The van der Waals surface area contributed by atoms with Gasteiger partial charge in [0.05, 0.1) is 4.92 Å². The fourth-order valence-electron chi connectivity index (χ4n) is 3.03. The number of carbonyl (C=O) groups excluding carboxylic acids is 1. The van der Waals surface area contributed by atoms with E-state index in [9.17, 15) is 14.9 Å². The lowest BCUT2D eigenvalue weighted by molar-refractivity contribution is -0.384. The SMILES string of the molecule is CN(C)[C@@H](c1ccc([N+](=O)[O-])cc1)[C@@H]1CCCCC1=O. The van der Waals surface area contributed by atoms with E-state index in [0.29, 0.717) is 12.2 Å². The van der Waals surface area contributed by atoms with Gasteiger partial charge in [-0.15, -0.1) is 0 Å². The number of rotatable bonds is 4. The molecule has 0 aromatic heterocycles. The first kappa shape index (κ1) is 14.7. The Bertz CT molecular complexity index is 496. The second kappa shape index (κ2) is 6.13. The minimum absolute atomic E-state index is 0.000191. The molecule has 20 heavy (non-hydrogen) atoms. The van der Waals surface area contributed by atoms with Gasteiger partial charge in [-0.25, -0.2) is 0 Å². The number of nitro groups is 1. The van der Waals surface area contributed by atoms with Crippen LogP contribution in [0.3, 0.4) is 0 Å². The molecule has 1 saturated carbocycles. The molecule has 0 spiro atoms. The van der Waals surface area contributed by atoms with Gasteiger partial charge in [0.15, 0.2) is 0 Å². The van der Waals surface area contributed by atoms with E-state index >= 15 is 0 Å². The zero-order chi connectivity index (χ0) is 14.7. The zero-order valence-corrected chi connectivity index (χ0v) is 11.9. The summed E-state index contributed by atoms with van der Waals surface area (Å²) in [5.41, 5.74) is 1.06. The summed E-state index contributed by atoms with van der Waals surface area (Å²) in [6.07, 6.45) is 3.62. The number of benzene rings is 1. The van der Waals surface area contributed by atoms with Gasteiger partial charge >= 0.3 is 0 Å². The molecule has 0 heterocycles. The fourth-order valence-corrected chi connectivity index (χ4v) is 3.03. The number of hydrogen-bond acceptors (Lipinski definition) is 4. The molecule has 0 N–H and O–H groups in total. The van der Waals surface area contributed by atoms with Gasteiger partial charge in [-0.05, 0) is 32.5 Å². The maximum atomic E-state index is 12.2. The number of carbonyl (C=O) groups is 1. The number of nitro benzene ring substituents is 1. The molecule has 2 atom stereocenters. The molecule has 0 radical (unpaired) electrons. The minimum atomic E-state index is -0.403. The summed E-state index contributed by atoms with van der Waals surface area (Å²) in [5, 5.41) is 10.7. The van der Waals surface area contributed by atoms with Crippen molar-refractivity contribution in [3.63, 3.8) is 0 Å². The van der Waals surface area contributed by atoms with Crippen LogP contribution in [0.5, 0.6) is 0 Å². The van der Waals surface area contributed by atoms with Crippen LogP contribution in [0.15, 0.2) is 24.3 Å². The third-order valence-corrected chi connectivity index (χ3v) is 3.98. The summed E-state index contributed by atoms with van der Waals surface area (Å²) in [5.74, 6) is 0.313. The molecule has 0 bridgehead atoms. The smallest absolute Gasteiger partial charge is 0.269 e. The molecule has 1 aromatic carbocycles. The van der Waals surface area contributed by atoms with E-state index in [4.69, 9.17) is 0 Å². The molecule has 5 nitrogen and oxygen atoms in total. The minimum Gasteiger partial charge on any atom is -0.302 e. The van der Waals surface area contributed by atoms with Crippen molar-refractivity contribution in [1.82, 2.24) is 4.90 Å². The van der Waals surface area contributed by atoms with Crippen LogP contribution in [-0.4, -0.2) is 29.7 Å². The largest absolute Gasteiger partial charge is 0.302 e. The van der Waals surface area contributed by atoms with Crippen LogP contribution in [0.25, 0.3) is 0 Å². The van der Waals surface area contributed by atoms with Gasteiger partial charge in [0, 0.05) is 30.5 Å². The molecule has 0 saturated heterocycles. The van der Waals surface area contributed by atoms with Gasteiger partial charge in [0.2, 0.25) is 0 Å². The van der Waals surface area contributed by atoms with Crippen LogP contribution in [0.1, 0.15) is 37.3 Å². The lowest BCUT2D eigenvalue weighted by atomic mass is 9.79. The summed E-state index contributed by atoms with van der Waals surface area (Å²) >= 11 is 0. The third-order valence-electron chi connectivity index (χ3n) is 3.98. The van der Waals surface area contributed by atoms with Crippen molar-refractivity contribution in [2.45, 2.75) is 31.7 Å². The lowest BCUT2D eigenvalue weighted by Crippen LogP contribution is -2.34.